The summed E-state index contributed by atoms with van der Waals surface area (Å²) in [6.07, 6.45) is 3.11. The second kappa shape index (κ2) is 9.22. The monoisotopic (exact) mass is 323 g/mol. The highest BCUT2D eigenvalue weighted by Crippen LogP contribution is 2.25. The molecule has 17 heavy (non-hydrogen) atoms. The van der Waals surface area contributed by atoms with E-state index in [0.717, 1.165) is 18.3 Å². The fourth-order valence-corrected chi connectivity index (χ4v) is 3.62. The number of carbonyl (C=O) groups is 1. The summed E-state index contributed by atoms with van der Waals surface area (Å²) in [6, 6.07) is 0. The second-order valence-electron chi connectivity index (χ2n) is 4.32. The van der Waals surface area contributed by atoms with Gasteiger partial charge in [0, 0.05) is 32.0 Å². The molecule has 1 aliphatic rings. The number of halogens is 1. The molecule has 0 atom stereocenters. The van der Waals surface area contributed by atoms with Gasteiger partial charge in [0.05, 0.1) is 6.61 Å². The summed E-state index contributed by atoms with van der Waals surface area (Å²) in [5, 5.41) is 0.836. The van der Waals surface area contributed by atoms with Crippen molar-refractivity contribution < 1.29 is 9.53 Å². The van der Waals surface area contributed by atoms with Gasteiger partial charge in [0.2, 0.25) is 5.91 Å². The van der Waals surface area contributed by atoms with Crippen LogP contribution in [0.3, 0.4) is 0 Å². The summed E-state index contributed by atoms with van der Waals surface area (Å²) in [4.78, 5) is 14.1. The Morgan fingerprint density at radius 1 is 1.41 bits per heavy atom. The van der Waals surface area contributed by atoms with Crippen molar-refractivity contribution in [3.63, 3.8) is 0 Å². The quantitative estimate of drug-likeness (QED) is 0.674. The molecule has 100 valence electrons. The molecule has 3 nitrogen and oxygen atoms in total. The van der Waals surface area contributed by atoms with Crippen LogP contribution in [0.4, 0.5) is 0 Å². The molecule has 0 bridgehead atoms. The Morgan fingerprint density at radius 2 is 2.12 bits per heavy atom. The van der Waals surface area contributed by atoms with E-state index in [1.165, 1.54) is 24.3 Å². The maximum Gasteiger partial charge on any atom is 0.222 e. The van der Waals surface area contributed by atoms with Crippen LogP contribution in [0.1, 0.15) is 19.3 Å². The van der Waals surface area contributed by atoms with Gasteiger partial charge in [0.1, 0.15) is 0 Å². The zero-order valence-corrected chi connectivity index (χ0v) is 12.9. The van der Waals surface area contributed by atoms with Crippen LogP contribution in [0.5, 0.6) is 0 Å². The number of carbonyl (C=O) groups excluding carboxylic acids is 1. The van der Waals surface area contributed by atoms with Gasteiger partial charge in [0.25, 0.3) is 0 Å². The van der Waals surface area contributed by atoms with Gasteiger partial charge in [-0.15, -0.1) is 0 Å². The zero-order valence-electron chi connectivity index (χ0n) is 10.5. The third-order valence-electron chi connectivity index (χ3n) is 3.08. The Bertz CT molecular complexity index is 223. The van der Waals surface area contributed by atoms with Gasteiger partial charge in [-0.3, -0.25) is 4.79 Å². The van der Waals surface area contributed by atoms with Crippen molar-refractivity contribution in [2.24, 2.45) is 5.92 Å². The van der Waals surface area contributed by atoms with E-state index in [1.54, 1.807) is 7.11 Å². The van der Waals surface area contributed by atoms with E-state index in [-0.39, 0.29) is 0 Å². The number of methoxy groups -OCH3 is 1. The van der Waals surface area contributed by atoms with Crippen molar-refractivity contribution in [1.82, 2.24) is 4.90 Å². The number of nitrogens with zero attached hydrogens (tertiary/aromatic N) is 1. The van der Waals surface area contributed by atoms with Gasteiger partial charge >= 0.3 is 0 Å². The van der Waals surface area contributed by atoms with Crippen molar-refractivity contribution in [2.75, 3.05) is 43.6 Å². The lowest BCUT2D eigenvalue weighted by atomic mass is 9.98. The van der Waals surface area contributed by atoms with Gasteiger partial charge in [-0.1, -0.05) is 15.9 Å². The van der Waals surface area contributed by atoms with Crippen LogP contribution in [0.15, 0.2) is 0 Å². The molecule has 1 amide bonds. The largest absolute Gasteiger partial charge is 0.383 e. The number of alkyl halides is 1. The minimum atomic E-state index is 0.290. The van der Waals surface area contributed by atoms with Gasteiger partial charge in [-0.25, -0.2) is 0 Å². The first kappa shape index (κ1) is 15.3. The van der Waals surface area contributed by atoms with E-state index in [4.69, 9.17) is 4.74 Å². The summed E-state index contributed by atoms with van der Waals surface area (Å²) in [6.45, 7) is 2.12. The predicted molar refractivity (Wildman–Crippen MR) is 76.9 cm³/mol. The molecule has 0 aromatic carbocycles. The summed E-state index contributed by atoms with van der Waals surface area (Å²) in [5.74, 6) is 3.32. The molecule has 1 fully saturated rings. The Morgan fingerprint density at radius 3 is 2.71 bits per heavy atom. The SMILES string of the molecule is COCCN(CCBr)C(=O)CC1CCSCC1. The fraction of sp³-hybridized carbons (Fsp3) is 0.917. The molecule has 0 aromatic rings. The lowest BCUT2D eigenvalue weighted by Gasteiger charge is -2.26. The average molecular weight is 324 g/mol. The molecule has 0 N–H and O–H groups in total. The number of rotatable bonds is 7. The summed E-state index contributed by atoms with van der Waals surface area (Å²) < 4.78 is 5.05. The zero-order chi connectivity index (χ0) is 12.5. The van der Waals surface area contributed by atoms with Crippen molar-refractivity contribution in [2.45, 2.75) is 19.3 Å². The highest BCUT2D eigenvalue weighted by atomic mass is 79.9. The molecule has 0 spiro atoms. The molecule has 5 heteroatoms. The lowest BCUT2D eigenvalue weighted by molar-refractivity contribution is -0.132. The van der Waals surface area contributed by atoms with Crippen LogP contribution >= 0.6 is 27.7 Å². The minimum Gasteiger partial charge on any atom is -0.383 e. The lowest BCUT2D eigenvalue weighted by Crippen LogP contribution is -2.36. The number of hydrogen-bond donors (Lipinski definition) is 0. The number of amides is 1. The minimum absolute atomic E-state index is 0.290. The Balaban J connectivity index is 2.34. The molecule has 1 saturated heterocycles. The van der Waals surface area contributed by atoms with Crippen molar-refractivity contribution >= 4 is 33.6 Å². The van der Waals surface area contributed by atoms with Crippen LogP contribution in [0.25, 0.3) is 0 Å². The third kappa shape index (κ3) is 6.11. The van der Waals surface area contributed by atoms with Crippen LogP contribution in [-0.4, -0.2) is 54.4 Å². The second-order valence-corrected chi connectivity index (χ2v) is 6.34. The molecular formula is C12H22BrNO2S. The van der Waals surface area contributed by atoms with Crippen molar-refractivity contribution in [3.05, 3.63) is 0 Å². The fourth-order valence-electron chi connectivity index (χ4n) is 1.99. The first-order chi connectivity index (χ1) is 8.27. The van der Waals surface area contributed by atoms with Gasteiger partial charge in [-0.2, -0.15) is 11.8 Å². The molecule has 0 aromatic heterocycles. The number of ether oxygens (including phenoxy) is 1. The Hall–Kier alpha value is 0.260. The highest BCUT2D eigenvalue weighted by molar-refractivity contribution is 9.09. The van der Waals surface area contributed by atoms with E-state index in [9.17, 15) is 4.79 Å². The Labute approximate surface area is 117 Å². The standard InChI is InChI=1S/C12H22BrNO2S/c1-16-7-6-14(5-4-13)12(15)10-11-2-8-17-9-3-11/h11H,2-10H2,1H3. The van der Waals surface area contributed by atoms with Gasteiger partial charge < -0.3 is 9.64 Å². The summed E-state index contributed by atoms with van der Waals surface area (Å²) in [7, 11) is 1.68. The average Bonchev–Trinajstić information content (AvgIpc) is 2.35. The molecule has 1 aliphatic heterocycles. The first-order valence-electron chi connectivity index (χ1n) is 6.18. The highest BCUT2D eigenvalue weighted by Gasteiger charge is 2.20. The molecule has 0 unspecified atom stereocenters. The molecule has 1 rings (SSSR count). The van der Waals surface area contributed by atoms with E-state index in [1.807, 2.05) is 16.7 Å². The topological polar surface area (TPSA) is 29.5 Å². The summed E-state index contributed by atoms with van der Waals surface area (Å²) >= 11 is 5.40. The first-order valence-corrected chi connectivity index (χ1v) is 8.46. The van der Waals surface area contributed by atoms with E-state index >= 15 is 0 Å². The molecule has 1 heterocycles. The van der Waals surface area contributed by atoms with Crippen LogP contribution in [-0.2, 0) is 9.53 Å². The third-order valence-corrected chi connectivity index (χ3v) is 4.48. The van der Waals surface area contributed by atoms with Crippen LogP contribution in [0.2, 0.25) is 0 Å². The van der Waals surface area contributed by atoms with E-state index in [2.05, 4.69) is 15.9 Å². The van der Waals surface area contributed by atoms with Gasteiger partial charge in [-0.05, 0) is 30.3 Å². The Kier molecular flexibility index (Phi) is 8.31. The molecule has 0 radical (unpaired) electrons. The number of hydrogen-bond acceptors (Lipinski definition) is 3. The molecule has 0 aliphatic carbocycles. The smallest absolute Gasteiger partial charge is 0.222 e. The normalized spacial score (nSPS) is 17.1. The van der Waals surface area contributed by atoms with E-state index in [0.29, 0.717) is 25.0 Å². The predicted octanol–water partition coefficient (Wildman–Crippen LogP) is 2.39. The number of thioether (sulfide) groups is 1. The molecular weight excluding hydrogens is 302 g/mol. The van der Waals surface area contributed by atoms with Crippen molar-refractivity contribution in [1.29, 1.82) is 0 Å². The van der Waals surface area contributed by atoms with Crippen LogP contribution < -0.4 is 0 Å². The maximum absolute atomic E-state index is 12.1. The van der Waals surface area contributed by atoms with E-state index < -0.39 is 0 Å². The summed E-state index contributed by atoms with van der Waals surface area (Å²) in [5.41, 5.74) is 0. The molecule has 0 saturated carbocycles. The van der Waals surface area contributed by atoms with Gasteiger partial charge in [0.15, 0.2) is 0 Å². The maximum atomic E-state index is 12.1. The van der Waals surface area contributed by atoms with Crippen molar-refractivity contribution in [3.8, 4) is 0 Å². The van der Waals surface area contributed by atoms with Crippen LogP contribution in [0, 0.1) is 5.92 Å².